The van der Waals surface area contributed by atoms with E-state index in [4.69, 9.17) is 0 Å². The predicted molar refractivity (Wildman–Crippen MR) is 46.2 cm³/mol. The van der Waals surface area contributed by atoms with Crippen LogP contribution in [-0.4, -0.2) is 62.9 Å². The number of ether oxygens (including phenoxy) is 3. The van der Waals surface area contributed by atoms with Crippen LogP contribution in [0.25, 0.3) is 0 Å². The molecule has 0 aliphatic heterocycles. The van der Waals surface area contributed by atoms with Gasteiger partial charge in [-0.15, -0.1) is 0 Å². The Morgan fingerprint density at radius 2 is 0.938 bits per heavy atom. The van der Waals surface area contributed by atoms with Crippen molar-refractivity contribution in [2.45, 2.75) is 0 Å². The molecule has 10 heteroatoms. The molecule has 0 aromatic rings. The molecule has 0 saturated carbocycles. The van der Waals surface area contributed by atoms with Crippen LogP contribution in [0.4, 0.5) is 14.4 Å². The van der Waals surface area contributed by atoms with Gasteiger partial charge in [-0.2, -0.15) is 0 Å². The van der Waals surface area contributed by atoms with E-state index in [-0.39, 0.29) is 0 Å². The second kappa shape index (κ2) is 7.92. The van der Waals surface area contributed by atoms with Crippen LogP contribution < -0.4 is 0 Å². The van der Waals surface area contributed by atoms with E-state index in [1.54, 1.807) is 0 Å². The molecule has 0 aromatic carbocycles. The average Bonchev–Trinajstić information content (AvgIpc) is 2.28. The Hall–Kier alpha value is -1.31. The van der Waals surface area contributed by atoms with Gasteiger partial charge in [-0.05, 0) is 0 Å². The van der Waals surface area contributed by atoms with Crippen molar-refractivity contribution in [3.63, 3.8) is 0 Å². The molecule has 0 aliphatic rings. The van der Waals surface area contributed by atoms with Gasteiger partial charge in [0, 0.05) is 0 Å². The standard InChI is InChI=1S/3C2H4O3.Bi/c3*1-5-2(3)4;/h3*1H3,(H,3,4);/q;;;+3/p-3. The van der Waals surface area contributed by atoms with Gasteiger partial charge in [-0.1, -0.05) is 0 Å². The quantitative estimate of drug-likeness (QED) is 0.353. The van der Waals surface area contributed by atoms with Crippen molar-refractivity contribution in [3.05, 3.63) is 0 Å². The summed E-state index contributed by atoms with van der Waals surface area (Å²) in [6, 6.07) is 0. The summed E-state index contributed by atoms with van der Waals surface area (Å²) < 4.78 is 25.7. The van der Waals surface area contributed by atoms with Gasteiger partial charge in [0.15, 0.2) is 0 Å². The monoisotopic (exact) mass is 434 g/mol. The minimum absolute atomic E-state index is 1.04. The van der Waals surface area contributed by atoms with E-state index in [0.717, 1.165) is 21.3 Å². The van der Waals surface area contributed by atoms with Crippen LogP contribution in [0.2, 0.25) is 0 Å². The Morgan fingerprint density at radius 1 is 0.688 bits per heavy atom. The van der Waals surface area contributed by atoms with Crippen molar-refractivity contribution in [2.75, 3.05) is 21.3 Å². The van der Waals surface area contributed by atoms with Gasteiger partial charge < -0.3 is 0 Å². The molecule has 0 aliphatic carbocycles. The first kappa shape index (κ1) is 14.7. The maximum absolute atomic E-state index is 10.7. The van der Waals surface area contributed by atoms with Gasteiger partial charge in [-0.3, -0.25) is 0 Å². The molecule has 92 valence electrons. The van der Waals surface area contributed by atoms with Crippen molar-refractivity contribution in [2.24, 2.45) is 0 Å². The number of hydrogen-bond acceptors (Lipinski definition) is 9. The third-order valence-electron chi connectivity index (χ3n) is 0.947. The summed E-state index contributed by atoms with van der Waals surface area (Å²) in [6.45, 7) is 0. The molecule has 0 atom stereocenters. The zero-order valence-corrected chi connectivity index (χ0v) is 12.1. The van der Waals surface area contributed by atoms with Crippen molar-refractivity contribution < 1.29 is 37.0 Å². The number of hydrogen-bond donors (Lipinski definition) is 0. The number of methoxy groups -OCH3 is 3. The molecule has 0 amide bonds. The first-order valence-corrected chi connectivity index (χ1v) is 7.87. The van der Waals surface area contributed by atoms with Crippen LogP contribution in [0.1, 0.15) is 0 Å². The predicted octanol–water partition coefficient (Wildman–Crippen LogP) is 0.320. The molecule has 0 N–H and O–H groups in total. The van der Waals surface area contributed by atoms with Gasteiger partial charge in [0.05, 0.1) is 0 Å². The SMILES string of the molecule is COC(=O)[O][Bi]([O]C(=O)OC)[O]C(=O)OC. The van der Waals surface area contributed by atoms with Gasteiger partial charge in [0.1, 0.15) is 0 Å². The minimum atomic E-state index is -4.05. The number of carbonyl (C=O) groups excluding carboxylic acids is 3. The molecule has 0 unspecified atom stereocenters. The van der Waals surface area contributed by atoms with Crippen LogP contribution in [0.3, 0.4) is 0 Å². The summed E-state index contributed by atoms with van der Waals surface area (Å²) in [6.07, 6.45) is -3.40. The van der Waals surface area contributed by atoms with E-state index in [9.17, 15) is 14.4 Å². The van der Waals surface area contributed by atoms with Crippen molar-refractivity contribution in [1.29, 1.82) is 0 Å². The fraction of sp³-hybridized carbons (Fsp3) is 0.500. The fourth-order valence-electron chi connectivity index (χ4n) is 0.350. The first-order chi connectivity index (χ1) is 7.53. The summed E-state index contributed by atoms with van der Waals surface area (Å²) in [7, 11) is 3.13. The normalized spacial score (nSPS) is 9.00. The summed E-state index contributed by atoms with van der Waals surface area (Å²) in [5, 5.41) is 0. The second-order valence-corrected chi connectivity index (χ2v) is 5.73. The number of carbonyl (C=O) groups is 3. The second-order valence-electron chi connectivity index (χ2n) is 1.86. The van der Waals surface area contributed by atoms with E-state index in [2.05, 4.69) is 22.7 Å². The van der Waals surface area contributed by atoms with E-state index in [1.807, 2.05) is 0 Å². The molecule has 0 radical (unpaired) electrons. The Morgan fingerprint density at radius 3 is 1.12 bits per heavy atom. The molecule has 0 fully saturated rings. The van der Waals surface area contributed by atoms with Crippen LogP contribution >= 0.6 is 0 Å². The molecule has 9 nitrogen and oxygen atoms in total. The Kier molecular flexibility index (Phi) is 7.27. The first-order valence-electron chi connectivity index (χ1n) is 3.61. The van der Waals surface area contributed by atoms with Gasteiger partial charge in [0.25, 0.3) is 0 Å². The Balaban J connectivity index is 4.31. The summed E-state index contributed by atoms with van der Waals surface area (Å²) >= 11 is -4.05. The molecule has 0 rings (SSSR count). The Bertz CT molecular complexity index is 222. The summed E-state index contributed by atoms with van der Waals surface area (Å²) in [5.41, 5.74) is 0. The Labute approximate surface area is 100 Å². The maximum atomic E-state index is 10.7. The van der Waals surface area contributed by atoms with E-state index < -0.39 is 41.5 Å². The molecule has 0 saturated heterocycles. The van der Waals surface area contributed by atoms with Crippen LogP contribution in [0, 0.1) is 0 Å². The summed E-state index contributed by atoms with van der Waals surface area (Å²) in [5.74, 6) is 0. The van der Waals surface area contributed by atoms with Crippen molar-refractivity contribution >= 4 is 41.5 Å². The molecule has 0 aromatic heterocycles. The van der Waals surface area contributed by atoms with E-state index in [1.165, 1.54) is 0 Å². The van der Waals surface area contributed by atoms with Crippen molar-refractivity contribution in [1.82, 2.24) is 0 Å². The molecule has 0 spiro atoms. The zero-order valence-electron chi connectivity index (χ0n) is 8.62. The van der Waals surface area contributed by atoms with Gasteiger partial charge >= 0.3 is 99.9 Å². The third-order valence-corrected chi connectivity index (χ3v) is 4.42. The fourth-order valence-corrected chi connectivity index (χ4v) is 3.07. The molecular formula is C6H9BiO9. The van der Waals surface area contributed by atoms with Gasteiger partial charge in [0.2, 0.25) is 0 Å². The van der Waals surface area contributed by atoms with Crippen molar-refractivity contribution in [3.8, 4) is 0 Å². The van der Waals surface area contributed by atoms with Crippen LogP contribution in [0.15, 0.2) is 0 Å². The number of rotatable bonds is 3. The van der Waals surface area contributed by atoms with Gasteiger partial charge in [-0.25, -0.2) is 0 Å². The van der Waals surface area contributed by atoms with E-state index >= 15 is 0 Å². The molecular weight excluding hydrogens is 425 g/mol. The molecule has 0 bridgehead atoms. The zero-order chi connectivity index (χ0) is 12.6. The summed E-state index contributed by atoms with van der Waals surface area (Å²) in [4.78, 5) is 32.1. The van der Waals surface area contributed by atoms with Crippen LogP contribution in [-0.2, 0) is 22.7 Å². The topological polar surface area (TPSA) is 107 Å². The average molecular weight is 434 g/mol. The van der Waals surface area contributed by atoms with E-state index in [0.29, 0.717) is 0 Å². The van der Waals surface area contributed by atoms with Crippen LogP contribution in [0.5, 0.6) is 0 Å². The molecule has 16 heavy (non-hydrogen) atoms. The molecule has 0 heterocycles. The third kappa shape index (κ3) is 6.23.